The minimum absolute atomic E-state index is 0.176. The maximum atomic E-state index is 5.29. The third-order valence-corrected chi connectivity index (χ3v) is 0.883. The average Bonchev–Trinajstić information content (AvgIpc) is 1.65. The molecule has 2 heteroatoms. The van der Waals surface area contributed by atoms with Crippen molar-refractivity contribution in [2.75, 3.05) is 7.05 Å². The van der Waals surface area contributed by atoms with Crippen LogP contribution in [-0.4, -0.2) is 19.4 Å². The third kappa shape index (κ3) is 4.09. The lowest BCUT2D eigenvalue weighted by Crippen LogP contribution is -2.27. The fourth-order valence-corrected chi connectivity index (χ4v) is 0.476. The number of ether oxygens (including phenoxy) is 1. The van der Waals surface area contributed by atoms with Crippen LogP contribution in [0.15, 0.2) is 0 Å². The Morgan fingerprint density at radius 3 is 1.88 bits per heavy atom. The minimum Gasteiger partial charge on any atom is -0.361 e. The second-order valence-corrected chi connectivity index (χ2v) is 2.12. The van der Waals surface area contributed by atoms with E-state index < -0.39 is 0 Å². The Morgan fingerprint density at radius 1 is 1.25 bits per heavy atom. The summed E-state index contributed by atoms with van der Waals surface area (Å²) in [5, 5.41) is 2.97. The van der Waals surface area contributed by atoms with Crippen molar-refractivity contribution in [3.05, 3.63) is 0 Å². The monoisotopic (exact) mass is 117 g/mol. The van der Waals surface area contributed by atoms with Crippen LogP contribution in [0.25, 0.3) is 0 Å². The molecular weight excluding hydrogens is 102 g/mol. The summed E-state index contributed by atoms with van der Waals surface area (Å²) in [7, 11) is 1.88. The number of rotatable bonds is 3. The molecule has 1 N–H and O–H groups in total. The molecule has 0 aromatic carbocycles. The first kappa shape index (κ1) is 7.92. The van der Waals surface area contributed by atoms with Gasteiger partial charge in [-0.2, -0.15) is 0 Å². The van der Waals surface area contributed by atoms with E-state index in [4.69, 9.17) is 4.74 Å². The number of hydrogen-bond donors (Lipinski definition) is 1. The molecule has 0 heterocycles. The Morgan fingerprint density at radius 2 is 1.75 bits per heavy atom. The molecule has 8 heavy (non-hydrogen) atoms. The zero-order valence-electron chi connectivity index (χ0n) is 6.06. The van der Waals surface area contributed by atoms with Gasteiger partial charge in [0.2, 0.25) is 0 Å². The largest absolute Gasteiger partial charge is 0.361 e. The van der Waals surface area contributed by atoms with E-state index in [1.807, 2.05) is 27.8 Å². The van der Waals surface area contributed by atoms with E-state index in [0.717, 1.165) is 0 Å². The van der Waals surface area contributed by atoms with Crippen LogP contribution in [0.2, 0.25) is 0 Å². The SMILES string of the molecule is CNC(C)OC(C)C. The molecule has 0 spiro atoms. The highest BCUT2D eigenvalue weighted by Gasteiger charge is 1.98. The summed E-state index contributed by atoms with van der Waals surface area (Å²) in [5.41, 5.74) is 0. The first-order chi connectivity index (χ1) is 3.66. The molecule has 0 aliphatic heterocycles. The highest BCUT2D eigenvalue weighted by Crippen LogP contribution is 1.90. The van der Waals surface area contributed by atoms with Gasteiger partial charge in [-0.05, 0) is 27.8 Å². The smallest absolute Gasteiger partial charge is 0.105 e. The molecule has 0 bridgehead atoms. The number of hydrogen-bond acceptors (Lipinski definition) is 2. The van der Waals surface area contributed by atoms with Crippen molar-refractivity contribution in [3.8, 4) is 0 Å². The van der Waals surface area contributed by atoms with Gasteiger partial charge in [0.15, 0.2) is 0 Å². The van der Waals surface area contributed by atoms with Crippen molar-refractivity contribution in [3.63, 3.8) is 0 Å². The molecule has 2 nitrogen and oxygen atoms in total. The van der Waals surface area contributed by atoms with Gasteiger partial charge in [0.05, 0.1) is 6.10 Å². The van der Waals surface area contributed by atoms with Crippen molar-refractivity contribution >= 4 is 0 Å². The highest BCUT2D eigenvalue weighted by atomic mass is 16.5. The topological polar surface area (TPSA) is 21.3 Å². The Bertz CT molecular complexity index is 54.5. The van der Waals surface area contributed by atoms with Gasteiger partial charge in [-0.15, -0.1) is 0 Å². The van der Waals surface area contributed by atoms with Gasteiger partial charge in [-0.1, -0.05) is 0 Å². The van der Waals surface area contributed by atoms with E-state index in [1.54, 1.807) is 0 Å². The molecule has 1 atom stereocenters. The van der Waals surface area contributed by atoms with Crippen LogP contribution in [0, 0.1) is 0 Å². The lowest BCUT2D eigenvalue weighted by Gasteiger charge is -2.13. The van der Waals surface area contributed by atoms with Crippen molar-refractivity contribution in [2.45, 2.75) is 33.1 Å². The molecule has 0 rings (SSSR count). The zero-order valence-corrected chi connectivity index (χ0v) is 6.06. The fraction of sp³-hybridized carbons (Fsp3) is 1.00. The number of nitrogens with one attached hydrogen (secondary N) is 1. The van der Waals surface area contributed by atoms with Gasteiger partial charge < -0.3 is 4.74 Å². The molecule has 0 aliphatic carbocycles. The van der Waals surface area contributed by atoms with Gasteiger partial charge in [0.25, 0.3) is 0 Å². The summed E-state index contributed by atoms with van der Waals surface area (Å²) in [6.45, 7) is 6.03. The Labute approximate surface area is 51.2 Å². The molecule has 0 saturated heterocycles. The first-order valence-electron chi connectivity index (χ1n) is 2.99. The van der Waals surface area contributed by atoms with Gasteiger partial charge in [-0.25, -0.2) is 0 Å². The van der Waals surface area contributed by atoms with Crippen molar-refractivity contribution in [2.24, 2.45) is 0 Å². The predicted octanol–water partition coefficient (Wildman–Crippen LogP) is 0.977. The summed E-state index contributed by atoms with van der Waals surface area (Å²) >= 11 is 0. The van der Waals surface area contributed by atoms with Crippen LogP contribution in [0.1, 0.15) is 20.8 Å². The van der Waals surface area contributed by atoms with Crippen molar-refractivity contribution in [1.29, 1.82) is 0 Å². The van der Waals surface area contributed by atoms with E-state index in [1.165, 1.54) is 0 Å². The normalized spacial score (nSPS) is 14.6. The maximum Gasteiger partial charge on any atom is 0.105 e. The highest BCUT2D eigenvalue weighted by molar-refractivity contribution is 4.42. The predicted molar refractivity (Wildman–Crippen MR) is 34.7 cm³/mol. The summed E-state index contributed by atoms with van der Waals surface area (Å²) in [5.74, 6) is 0. The van der Waals surface area contributed by atoms with Crippen LogP contribution in [0.5, 0.6) is 0 Å². The second-order valence-electron chi connectivity index (χ2n) is 2.12. The molecule has 1 unspecified atom stereocenters. The average molecular weight is 117 g/mol. The molecule has 0 fully saturated rings. The van der Waals surface area contributed by atoms with E-state index >= 15 is 0 Å². The third-order valence-electron chi connectivity index (χ3n) is 0.883. The van der Waals surface area contributed by atoms with E-state index in [-0.39, 0.29) is 6.23 Å². The Kier molecular flexibility index (Phi) is 3.83. The molecule has 0 saturated carbocycles. The van der Waals surface area contributed by atoms with Crippen molar-refractivity contribution in [1.82, 2.24) is 5.32 Å². The van der Waals surface area contributed by atoms with Crippen LogP contribution < -0.4 is 5.32 Å². The summed E-state index contributed by atoms with van der Waals surface area (Å²) in [6.07, 6.45) is 0.493. The van der Waals surface area contributed by atoms with Crippen LogP contribution in [-0.2, 0) is 4.74 Å². The van der Waals surface area contributed by atoms with Crippen LogP contribution in [0.4, 0.5) is 0 Å². The lowest BCUT2D eigenvalue weighted by atomic mass is 10.5. The molecule has 0 aromatic rings. The van der Waals surface area contributed by atoms with E-state index in [9.17, 15) is 0 Å². The first-order valence-corrected chi connectivity index (χ1v) is 2.99. The van der Waals surface area contributed by atoms with Crippen LogP contribution >= 0.6 is 0 Å². The standard InChI is InChI=1S/C6H15NO/c1-5(2)8-6(3)7-4/h5-7H,1-4H3. The molecule has 0 aliphatic rings. The van der Waals surface area contributed by atoms with Gasteiger partial charge in [-0.3, -0.25) is 5.32 Å². The fourth-order valence-electron chi connectivity index (χ4n) is 0.476. The Balaban J connectivity index is 3.10. The van der Waals surface area contributed by atoms with Gasteiger partial charge >= 0.3 is 0 Å². The van der Waals surface area contributed by atoms with Crippen LogP contribution in [0.3, 0.4) is 0 Å². The lowest BCUT2D eigenvalue weighted by molar-refractivity contribution is 0.00396. The summed E-state index contributed by atoms with van der Waals surface area (Å²) in [4.78, 5) is 0. The quantitative estimate of drug-likeness (QED) is 0.556. The summed E-state index contributed by atoms with van der Waals surface area (Å²) < 4.78 is 5.29. The maximum absolute atomic E-state index is 5.29. The van der Waals surface area contributed by atoms with Gasteiger partial charge in [0.1, 0.15) is 6.23 Å². The Hall–Kier alpha value is -0.0800. The van der Waals surface area contributed by atoms with Crippen molar-refractivity contribution < 1.29 is 4.74 Å². The van der Waals surface area contributed by atoms with E-state index in [2.05, 4.69) is 5.32 Å². The summed E-state index contributed by atoms with van der Waals surface area (Å²) in [6, 6.07) is 0. The molecule has 50 valence electrons. The molecular formula is C6H15NO. The molecule has 0 radical (unpaired) electrons. The minimum atomic E-state index is 0.176. The van der Waals surface area contributed by atoms with E-state index in [0.29, 0.717) is 6.10 Å². The molecule has 0 amide bonds. The zero-order chi connectivity index (χ0) is 6.57. The molecule has 0 aromatic heterocycles. The van der Waals surface area contributed by atoms with Gasteiger partial charge in [0, 0.05) is 0 Å². The second kappa shape index (κ2) is 3.87.